The molecule has 0 spiro atoms. The third-order valence-electron chi connectivity index (χ3n) is 3.66. The summed E-state index contributed by atoms with van der Waals surface area (Å²) < 4.78 is 7.67. The molecule has 0 aliphatic rings. The van der Waals surface area contributed by atoms with Crippen molar-refractivity contribution >= 4 is 27.8 Å². The molecule has 3 aromatic rings. The number of amides is 1. The van der Waals surface area contributed by atoms with Crippen molar-refractivity contribution in [1.82, 2.24) is 4.68 Å². The molecule has 0 atom stereocenters. The van der Waals surface area contributed by atoms with Crippen molar-refractivity contribution in [2.24, 2.45) is 0 Å². The Balaban J connectivity index is 1.95. The maximum absolute atomic E-state index is 12.4. The lowest BCUT2D eigenvalue weighted by molar-refractivity contribution is -0.136. The first kappa shape index (κ1) is 17.0. The fourth-order valence-corrected chi connectivity index (χ4v) is 2.72. The average molecular weight is 403 g/mol. The number of hydrogen-bond donors (Lipinski definition) is 2. The lowest BCUT2D eigenvalue weighted by atomic mass is 10.2. The Morgan fingerprint density at radius 2 is 1.88 bits per heavy atom. The van der Waals surface area contributed by atoms with Gasteiger partial charge in [-0.1, -0.05) is 28.1 Å². The first-order valence-electron chi connectivity index (χ1n) is 7.58. The molecule has 6 nitrogen and oxygen atoms in total. The summed E-state index contributed by atoms with van der Waals surface area (Å²) in [4.78, 5) is 23.2. The second kappa shape index (κ2) is 7.40. The van der Waals surface area contributed by atoms with Crippen molar-refractivity contribution in [3.05, 3.63) is 70.7 Å². The van der Waals surface area contributed by atoms with E-state index in [1.54, 1.807) is 16.8 Å². The number of benzene rings is 1. The first-order chi connectivity index (χ1) is 12.0. The van der Waals surface area contributed by atoms with E-state index in [-0.39, 0.29) is 12.2 Å². The van der Waals surface area contributed by atoms with Crippen LogP contribution in [-0.4, -0.2) is 21.7 Å². The minimum absolute atomic E-state index is 0.0274. The summed E-state index contributed by atoms with van der Waals surface area (Å²) in [6.45, 7) is 0. The van der Waals surface area contributed by atoms with Crippen LogP contribution in [0.2, 0.25) is 0 Å². The van der Waals surface area contributed by atoms with Crippen molar-refractivity contribution in [3.63, 3.8) is 0 Å². The molecule has 0 fully saturated rings. The summed E-state index contributed by atoms with van der Waals surface area (Å²) >= 11 is 3.39. The van der Waals surface area contributed by atoms with Crippen molar-refractivity contribution in [1.29, 1.82) is 0 Å². The van der Waals surface area contributed by atoms with E-state index >= 15 is 0 Å². The summed E-state index contributed by atoms with van der Waals surface area (Å²) in [6.07, 6.45) is 1.69. The maximum atomic E-state index is 12.4. The molecule has 0 bridgehead atoms. The van der Waals surface area contributed by atoms with E-state index in [4.69, 9.17) is 9.52 Å². The van der Waals surface area contributed by atoms with E-state index in [0.717, 1.165) is 15.7 Å². The van der Waals surface area contributed by atoms with E-state index in [9.17, 15) is 9.59 Å². The van der Waals surface area contributed by atoms with Gasteiger partial charge in [-0.15, -0.1) is 0 Å². The summed E-state index contributed by atoms with van der Waals surface area (Å²) in [6, 6.07) is 14.5. The number of aromatic nitrogens is 1. The number of carboxylic acids is 1. The average Bonchev–Trinajstić information content (AvgIpc) is 3.24. The number of aliphatic carboxylic acids is 1. The van der Waals surface area contributed by atoms with Crippen LogP contribution in [0.5, 0.6) is 0 Å². The lowest BCUT2D eigenvalue weighted by Gasteiger charge is -2.14. The summed E-state index contributed by atoms with van der Waals surface area (Å²) in [7, 11) is 0. The normalized spacial score (nSPS) is 10.6. The minimum Gasteiger partial charge on any atom is -0.481 e. The third kappa shape index (κ3) is 4.00. The van der Waals surface area contributed by atoms with Gasteiger partial charge in [0.15, 0.2) is 5.76 Å². The Morgan fingerprint density at radius 1 is 1.12 bits per heavy atom. The Bertz CT molecular complexity index is 882. The van der Waals surface area contributed by atoms with Crippen LogP contribution in [0.15, 0.2) is 63.7 Å². The van der Waals surface area contributed by atoms with Crippen LogP contribution >= 0.6 is 15.9 Å². The van der Waals surface area contributed by atoms with Crippen LogP contribution < -0.4 is 5.43 Å². The first-order valence-corrected chi connectivity index (χ1v) is 8.37. The predicted octanol–water partition coefficient (Wildman–Crippen LogP) is 3.91. The zero-order valence-corrected chi connectivity index (χ0v) is 14.7. The van der Waals surface area contributed by atoms with Crippen LogP contribution in [0, 0.1) is 0 Å². The van der Waals surface area contributed by atoms with Crippen LogP contribution in [0.25, 0.3) is 11.3 Å². The smallest absolute Gasteiger partial charge is 0.305 e. The Hall–Kier alpha value is -2.80. The summed E-state index contributed by atoms with van der Waals surface area (Å²) in [5, 5.41) is 8.94. The van der Waals surface area contributed by atoms with Gasteiger partial charge in [0.25, 0.3) is 0 Å². The number of furan rings is 1. The molecule has 0 saturated heterocycles. The molecule has 0 radical (unpaired) electrons. The second-order valence-electron chi connectivity index (χ2n) is 5.36. The highest BCUT2D eigenvalue weighted by atomic mass is 79.9. The number of carbonyl (C=O) groups excluding carboxylic acids is 1. The fourth-order valence-electron chi connectivity index (χ4n) is 2.45. The largest absolute Gasteiger partial charge is 0.481 e. The molecule has 0 saturated carbocycles. The van der Waals surface area contributed by atoms with Gasteiger partial charge < -0.3 is 9.52 Å². The van der Waals surface area contributed by atoms with Crippen molar-refractivity contribution in [2.45, 2.75) is 12.8 Å². The third-order valence-corrected chi connectivity index (χ3v) is 4.18. The molecule has 2 N–H and O–H groups in total. The molecule has 1 amide bonds. The van der Waals surface area contributed by atoms with E-state index < -0.39 is 11.9 Å². The molecule has 128 valence electrons. The second-order valence-corrected chi connectivity index (χ2v) is 6.28. The molecule has 3 rings (SSSR count). The van der Waals surface area contributed by atoms with E-state index in [1.165, 1.54) is 6.26 Å². The number of rotatable bonds is 6. The number of nitrogens with one attached hydrogen (secondary N) is 1. The quantitative estimate of drug-likeness (QED) is 0.654. The van der Waals surface area contributed by atoms with E-state index in [0.29, 0.717) is 12.1 Å². The van der Waals surface area contributed by atoms with Crippen LogP contribution in [0.3, 0.4) is 0 Å². The maximum Gasteiger partial charge on any atom is 0.305 e. The zero-order valence-electron chi connectivity index (χ0n) is 13.1. The Labute approximate surface area is 152 Å². The molecular formula is C18H15BrN2O4. The number of halogens is 1. The summed E-state index contributed by atoms with van der Waals surface area (Å²) in [5.74, 6) is -1.12. The van der Waals surface area contributed by atoms with Crippen molar-refractivity contribution < 1.29 is 19.1 Å². The van der Waals surface area contributed by atoms with Crippen molar-refractivity contribution in [2.75, 3.05) is 5.43 Å². The number of carbonyl (C=O) groups is 2. The number of hydrogen-bond acceptors (Lipinski definition) is 3. The monoisotopic (exact) mass is 402 g/mol. The molecule has 0 aliphatic carbocycles. The Kier molecular flexibility index (Phi) is 5.04. The fraction of sp³-hybridized carbons (Fsp3) is 0.111. The number of aryl methyl sites for hydroxylation is 1. The van der Waals surface area contributed by atoms with E-state index in [2.05, 4.69) is 21.4 Å². The van der Waals surface area contributed by atoms with Crippen LogP contribution in [0.4, 0.5) is 0 Å². The molecule has 1 aromatic carbocycles. The highest BCUT2D eigenvalue weighted by Crippen LogP contribution is 2.24. The van der Waals surface area contributed by atoms with Crippen LogP contribution in [-0.2, 0) is 11.2 Å². The Morgan fingerprint density at radius 3 is 2.52 bits per heavy atom. The number of nitrogens with zero attached hydrogens (tertiary/aromatic N) is 1. The summed E-state index contributed by atoms with van der Waals surface area (Å²) in [5.41, 5.74) is 5.12. The minimum atomic E-state index is -0.893. The van der Waals surface area contributed by atoms with Gasteiger partial charge in [-0.25, -0.2) is 0 Å². The van der Waals surface area contributed by atoms with Gasteiger partial charge in [0.2, 0.25) is 0 Å². The molecule has 25 heavy (non-hydrogen) atoms. The molecular weight excluding hydrogens is 388 g/mol. The topological polar surface area (TPSA) is 84.5 Å². The molecule has 2 aromatic heterocycles. The predicted molar refractivity (Wildman–Crippen MR) is 95.9 cm³/mol. The highest BCUT2D eigenvalue weighted by Gasteiger charge is 2.16. The molecule has 0 unspecified atom stereocenters. The molecule has 0 aliphatic heterocycles. The van der Waals surface area contributed by atoms with Crippen molar-refractivity contribution in [3.8, 4) is 11.3 Å². The van der Waals surface area contributed by atoms with Gasteiger partial charge in [0, 0.05) is 22.2 Å². The van der Waals surface area contributed by atoms with E-state index in [1.807, 2.05) is 36.4 Å². The highest BCUT2D eigenvalue weighted by molar-refractivity contribution is 9.10. The molecule has 2 heterocycles. The van der Waals surface area contributed by atoms with Gasteiger partial charge in [0.05, 0.1) is 18.4 Å². The lowest BCUT2D eigenvalue weighted by Crippen LogP contribution is -2.25. The SMILES string of the molecule is O=C(O)CCc1ccc(-c2ccc(Br)cc2)n1NC(=O)c1ccco1. The van der Waals surface area contributed by atoms with Gasteiger partial charge >= 0.3 is 11.9 Å². The van der Waals surface area contributed by atoms with Gasteiger partial charge in [-0.05, 0) is 36.4 Å². The molecule has 7 heteroatoms. The number of carboxylic acid groups (broad SMARTS) is 1. The van der Waals surface area contributed by atoms with Gasteiger partial charge in [-0.2, -0.15) is 0 Å². The van der Waals surface area contributed by atoms with Gasteiger partial charge in [0.1, 0.15) is 0 Å². The zero-order chi connectivity index (χ0) is 17.8. The van der Waals surface area contributed by atoms with Crippen LogP contribution in [0.1, 0.15) is 22.7 Å². The van der Waals surface area contributed by atoms with Gasteiger partial charge in [-0.3, -0.25) is 19.7 Å². The standard InChI is InChI=1S/C18H15BrN2O4/c19-13-5-3-12(4-6-13)15-9-7-14(8-10-17(22)23)21(15)20-18(24)16-2-1-11-25-16/h1-7,9,11H,8,10H2,(H,20,24)(H,22,23).